The molecule has 0 aliphatic rings. The van der Waals surface area contributed by atoms with Gasteiger partial charge in [-0.15, -0.1) is 0 Å². The molecule has 0 fully saturated rings. The topological polar surface area (TPSA) is 81.4 Å². The van der Waals surface area contributed by atoms with Crippen LogP contribution in [0.1, 0.15) is 26.3 Å². The molecule has 0 radical (unpaired) electrons. The fraction of sp³-hybridized carbons (Fsp3) is 0.0476. The zero-order valence-electron chi connectivity index (χ0n) is 14.9. The van der Waals surface area contributed by atoms with Crippen molar-refractivity contribution in [2.45, 2.75) is 6.61 Å². The van der Waals surface area contributed by atoms with Gasteiger partial charge < -0.3 is 15.8 Å². The monoisotopic (exact) mass is 400 g/mol. The third-order valence-corrected chi connectivity index (χ3v) is 3.99. The van der Waals surface area contributed by atoms with E-state index >= 15 is 0 Å². The Kier molecular flexibility index (Phi) is 5.82. The van der Waals surface area contributed by atoms with E-state index < -0.39 is 29.0 Å². The average Bonchev–Trinajstić information content (AvgIpc) is 2.69. The molecule has 2 amide bonds. The maximum Gasteiger partial charge on any atom is 0.255 e. The molecular weight excluding hydrogens is 385 g/mol. The number of amides is 2. The molecule has 0 spiro atoms. The highest BCUT2D eigenvalue weighted by Gasteiger charge is 2.16. The number of rotatable bonds is 6. The molecule has 8 heteroatoms. The number of anilines is 1. The molecule has 3 rings (SSSR count). The molecule has 0 aromatic heterocycles. The highest BCUT2D eigenvalue weighted by atomic mass is 19.1. The van der Waals surface area contributed by atoms with Crippen LogP contribution in [0.25, 0.3) is 0 Å². The molecule has 0 saturated carbocycles. The second-order valence-corrected chi connectivity index (χ2v) is 6.07. The molecular formula is C21H15F3N2O3. The first kappa shape index (κ1) is 19.9. The lowest BCUT2D eigenvalue weighted by atomic mass is 10.1. The van der Waals surface area contributed by atoms with Gasteiger partial charge in [0.1, 0.15) is 29.8 Å². The predicted octanol–water partition coefficient (Wildman–Crippen LogP) is 4.03. The molecule has 0 aliphatic heterocycles. The summed E-state index contributed by atoms with van der Waals surface area (Å²) in [6.45, 7) is 0.153. The van der Waals surface area contributed by atoms with Crippen LogP contribution in [-0.4, -0.2) is 11.8 Å². The Morgan fingerprint density at radius 3 is 2.34 bits per heavy atom. The summed E-state index contributed by atoms with van der Waals surface area (Å²) in [7, 11) is 0. The summed E-state index contributed by atoms with van der Waals surface area (Å²) in [4.78, 5) is 23.6. The van der Waals surface area contributed by atoms with Crippen LogP contribution in [0.3, 0.4) is 0 Å². The second kappa shape index (κ2) is 8.47. The third-order valence-electron chi connectivity index (χ3n) is 3.99. The van der Waals surface area contributed by atoms with Gasteiger partial charge in [0, 0.05) is 11.6 Å². The minimum Gasteiger partial charge on any atom is -0.489 e. The number of nitrogens with one attached hydrogen (secondary N) is 1. The Morgan fingerprint density at radius 1 is 0.931 bits per heavy atom. The third kappa shape index (κ3) is 4.92. The maximum absolute atomic E-state index is 13.9. The van der Waals surface area contributed by atoms with Crippen molar-refractivity contribution in [3.8, 4) is 5.75 Å². The molecule has 0 aliphatic carbocycles. The average molecular weight is 400 g/mol. The lowest BCUT2D eigenvalue weighted by Crippen LogP contribution is -2.17. The van der Waals surface area contributed by atoms with E-state index in [0.717, 1.165) is 11.6 Å². The van der Waals surface area contributed by atoms with E-state index in [0.29, 0.717) is 11.8 Å². The van der Waals surface area contributed by atoms with Gasteiger partial charge in [0.15, 0.2) is 0 Å². The van der Waals surface area contributed by atoms with Crippen molar-refractivity contribution < 1.29 is 27.5 Å². The number of carbonyl (C=O) groups is 2. The van der Waals surface area contributed by atoms with Crippen molar-refractivity contribution in [1.82, 2.24) is 0 Å². The molecule has 148 valence electrons. The molecule has 3 N–H and O–H groups in total. The Hall–Kier alpha value is -3.81. The van der Waals surface area contributed by atoms with Crippen molar-refractivity contribution in [2.24, 2.45) is 5.73 Å². The normalized spacial score (nSPS) is 10.4. The van der Waals surface area contributed by atoms with Crippen molar-refractivity contribution in [2.75, 3.05) is 5.32 Å². The van der Waals surface area contributed by atoms with Crippen LogP contribution in [0.5, 0.6) is 5.75 Å². The van der Waals surface area contributed by atoms with Gasteiger partial charge in [0.05, 0.1) is 11.3 Å². The fourth-order valence-corrected chi connectivity index (χ4v) is 2.50. The molecule has 5 nitrogen and oxygen atoms in total. The van der Waals surface area contributed by atoms with Crippen LogP contribution < -0.4 is 15.8 Å². The summed E-state index contributed by atoms with van der Waals surface area (Å²) in [5, 5.41) is 2.27. The predicted molar refractivity (Wildman–Crippen MR) is 100 cm³/mol. The van der Waals surface area contributed by atoms with E-state index in [2.05, 4.69) is 5.32 Å². The number of ether oxygens (including phenoxy) is 1. The van der Waals surface area contributed by atoms with Crippen LogP contribution in [0.2, 0.25) is 0 Å². The van der Waals surface area contributed by atoms with E-state index in [1.807, 2.05) is 0 Å². The quantitative estimate of drug-likeness (QED) is 0.655. The number of nitrogens with two attached hydrogens (primary N) is 1. The summed E-state index contributed by atoms with van der Waals surface area (Å²) < 4.78 is 46.0. The molecule has 3 aromatic carbocycles. The van der Waals surface area contributed by atoms with Crippen LogP contribution in [-0.2, 0) is 6.61 Å². The van der Waals surface area contributed by atoms with Gasteiger partial charge in [-0.3, -0.25) is 9.59 Å². The Labute approximate surface area is 163 Å². The Bertz CT molecular complexity index is 1070. The number of hydrogen-bond acceptors (Lipinski definition) is 3. The summed E-state index contributed by atoms with van der Waals surface area (Å²) >= 11 is 0. The smallest absolute Gasteiger partial charge is 0.255 e. The summed E-state index contributed by atoms with van der Waals surface area (Å²) in [6, 6.07) is 13.1. The Balaban J connectivity index is 1.73. The van der Waals surface area contributed by atoms with Crippen molar-refractivity contribution >= 4 is 17.5 Å². The number of primary amides is 1. The van der Waals surface area contributed by atoms with Crippen molar-refractivity contribution in [1.29, 1.82) is 0 Å². The van der Waals surface area contributed by atoms with Gasteiger partial charge in [-0.1, -0.05) is 18.2 Å². The zero-order chi connectivity index (χ0) is 21.0. The molecule has 0 atom stereocenters. The number of halogens is 3. The van der Waals surface area contributed by atoms with Crippen molar-refractivity contribution in [3.05, 3.63) is 94.8 Å². The summed E-state index contributed by atoms with van der Waals surface area (Å²) in [5.41, 5.74) is 4.98. The van der Waals surface area contributed by atoms with Crippen LogP contribution in [0.4, 0.5) is 18.9 Å². The van der Waals surface area contributed by atoms with Crippen LogP contribution in [0.15, 0.2) is 60.7 Å². The first-order chi connectivity index (χ1) is 13.8. The zero-order valence-corrected chi connectivity index (χ0v) is 14.9. The molecule has 0 unspecified atom stereocenters. The molecule has 0 bridgehead atoms. The van der Waals surface area contributed by atoms with E-state index in [1.54, 1.807) is 24.3 Å². The Morgan fingerprint density at radius 2 is 1.66 bits per heavy atom. The van der Waals surface area contributed by atoms with E-state index in [4.69, 9.17) is 10.5 Å². The maximum atomic E-state index is 13.9. The molecule has 0 heterocycles. The van der Waals surface area contributed by atoms with Gasteiger partial charge in [0.2, 0.25) is 0 Å². The van der Waals surface area contributed by atoms with Gasteiger partial charge in [-0.2, -0.15) is 0 Å². The SMILES string of the molecule is NC(=O)c1cc(NC(=O)c2cccc(OCc3ccc(F)cc3)c2)c(F)cc1F. The first-order valence-electron chi connectivity index (χ1n) is 8.41. The number of benzene rings is 3. The number of carbonyl (C=O) groups excluding carboxylic acids is 2. The largest absolute Gasteiger partial charge is 0.489 e. The van der Waals surface area contributed by atoms with Crippen LogP contribution >= 0.6 is 0 Å². The lowest BCUT2D eigenvalue weighted by Gasteiger charge is -2.10. The molecule has 0 saturated heterocycles. The summed E-state index contributed by atoms with van der Waals surface area (Å²) in [5.74, 6) is -3.96. The fourth-order valence-electron chi connectivity index (χ4n) is 2.50. The minimum atomic E-state index is -1.12. The van der Waals surface area contributed by atoms with E-state index in [-0.39, 0.29) is 23.7 Å². The van der Waals surface area contributed by atoms with E-state index in [1.165, 1.54) is 24.3 Å². The highest BCUT2D eigenvalue weighted by Crippen LogP contribution is 2.21. The second-order valence-electron chi connectivity index (χ2n) is 6.07. The first-order valence-corrected chi connectivity index (χ1v) is 8.41. The highest BCUT2D eigenvalue weighted by molar-refractivity contribution is 6.05. The number of hydrogen-bond donors (Lipinski definition) is 2. The van der Waals surface area contributed by atoms with Gasteiger partial charge in [-0.05, 0) is 42.0 Å². The van der Waals surface area contributed by atoms with Gasteiger partial charge >= 0.3 is 0 Å². The van der Waals surface area contributed by atoms with Gasteiger partial charge in [0.25, 0.3) is 11.8 Å². The van der Waals surface area contributed by atoms with Crippen molar-refractivity contribution in [3.63, 3.8) is 0 Å². The summed E-state index contributed by atoms with van der Waals surface area (Å²) in [6.07, 6.45) is 0. The van der Waals surface area contributed by atoms with Crippen LogP contribution in [0, 0.1) is 17.5 Å². The standard InChI is InChI=1S/C21H15F3N2O3/c22-14-6-4-12(5-7-14)11-29-15-3-1-2-13(8-15)21(28)26-19-9-16(20(25)27)17(23)10-18(19)24/h1-10H,11H2,(H2,25,27)(H,26,28). The van der Waals surface area contributed by atoms with E-state index in [9.17, 15) is 22.8 Å². The molecule has 29 heavy (non-hydrogen) atoms. The minimum absolute atomic E-state index is 0.144. The van der Waals surface area contributed by atoms with Gasteiger partial charge in [-0.25, -0.2) is 13.2 Å². The lowest BCUT2D eigenvalue weighted by molar-refractivity contribution is 0.0992. The molecule has 3 aromatic rings.